The first-order valence-corrected chi connectivity index (χ1v) is 10.1. The van der Waals surface area contributed by atoms with Crippen LogP contribution in [0, 0.1) is 5.92 Å². The zero-order valence-corrected chi connectivity index (χ0v) is 17.4. The van der Waals surface area contributed by atoms with Gasteiger partial charge in [-0.25, -0.2) is 9.59 Å². The van der Waals surface area contributed by atoms with Gasteiger partial charge in [0.1, 0.15) is 0 Å². The van der Waals surface area contributed by atoms with Gasteiger partial charge in [-0.15, -0.1) is 0 Å². The van der Waals surface area contributed by atoms with Crippen molar-refractivity contribution in [1.29, 1.82) is 0 Å². The normalized spacial score (nSPS) is 15.8. The summed E-state index contributed by atoms with van der Waals surface area (Å²) in [6, 6.07) is 20.3. The summed E-state index contributed by atoms with van der Waals surface area (Å²) in [4.78, 5) is 33.2. The first-order chi connectivity index (χ1) is 14.9. The number of carboxylic acid groups (broad SMARTS) is 2. The highest BCUT2D eigenvalue weighted by Crippen LogP contribution is 2.29. The number of aliphatic carboxylic acids is 2. The van der Waals surface area contributed by atoms with Crippen molar-refractivity contribution in [3.63, 3.8) is 0 Å². The average molecular weight is 425 g/mol. The van der Waals surface area contributed by atoms with E-state index < -0.39 is 11.9 Å². The first-order valence-electron chi connectivity index (χ1n) is 10.1. The summed E-state index contributed by atoms with van der Waals surface area (Å²) in [6.07, 6.45) is 2.92. The Morgan fingerprint density at radius 2 is 1.55 bits per heavy atom. The molecular weight excluding hydrogens is 398 g/mol. The molecule has 0 bridgehead atoms. The Bertz CT molecular complexity index is 883. The maximum absolute atomic E-state index is 12.7. The molecule has 0 saturated heterocycles. The number of carboxylic acids is 2. The lowest BCUT2D eigenvalue weighted by Gasteiger charge is -2.31. The van der Waals surface area contributed by atoms with Crippen LogP contribution in [-0.4, -0.2) is 59.3 Å². The van der Waals surface area contributed by atoms with Gasteiger partial charge in [-0.3, -0.25) is 9.69 Å². The van der Waals surface area contributed by atoms with Crippen LogP contribution in [-0.2, 0) is 25.5 Å². The van der Waals surface area contributed by atoms with Crippen LogP contribution in [0.5, 0.6) is 0 Å². The number of nitrogens with zero attached hydrogens (tertiary/aromatic N) is 1. The molecule has 7 nitrogen and oxygen atoms in total. The largest absolute Gasteiger partial charge is 0.473 e. The summed E-state index contributed by atoms with van der Waals surface area (Å²) >= 11 is 0. The highest BCUT2D eigenvalue weighted by molar-refractivity contribution is 6.27. The highest BCUT2D eigenvalue weighted by Gasteiger charge is 2.30. The fourth-order valence-electron chi connectivity index (χ4n) is 3.22. The van der Waals surface area contributed by atoms with Crippen molar-refractivity contribution in [3.8, 4) is 0 Å². The molecule has 1 aliphatic rings. The van der Waals surface area contributed by atoms with Crippen LogP contribution < -0.4 is 0 Å². The number of likely N-dealkylation sites (N-methyl/N-ethyl adjacent to an activating group) is 1. The number of hydrogen-bond acceptors (Lipinski definition) is 5. The van der Waals surface area contributed by atoms with Crippen LogP contribution in [0.4, 0.5) is 0 Å². The van der Waals surface area contributed by atoms with Crippen molar-refractivity contribution in [2.24, 2.45) is 5.92 Å². The predicted molar refractivity (Wildman–Crippen MR) is 116 cm³/mol. The molecule has 0 amide bonds. The topological polar surface area (TPSA) is 104 Å². The molecule has 1 unspecified atom stereocenters. The summed E-state index contributed by atoms with van der Waals surface area (Å²) in [6.45, 7) is 5.09. The minimum atomic E-state index is -1.82. The van der Waals surface area contributed by atoms with E-state index in [2.05, 4.69) is 42.2 Å². The maximum atomic E-state index is 12.7. The molecule has 2 aromatic rings. The summed E-state index contributed by atoms with van der Waals surface area (Å²) in [7, 11) is 0. The smallest absolute Gasteiger partial charge is 0.414 e. The number of carbonyl (C=O) groups is 3. The monoisotopic (exact) mass is 425 g/mol. The molecule has 164 valence electrons. The molecule has 0 saturated carbocycles. The molecule has 1 atom stereocenters. The maximum Gasteiger partial charge on any atom is 0.414 e. The third-order valence-corrected chi connectivity index (χ3v) is 4.89. The van der Waals surface area contributed by atoms with E-state index in [1.165, 1.54) is 5.56 Å². The Kier molecular flexibility index (Phi) is 9.45. The van der Waals surface area contributed by atoms with Crippen LogP contribution in [0.15, 0.2) is 66.7 Å². The van der Waals surface area contributed by atoms with Crippen molar-refractivity contribution < 1.29 is 29.3 Å². The molecule has 2 aromatic carbocycles. The van der Waals surface area contributed by atoms with Gasteiger partial charge in [0.15, 0.2) is 0 Å². The second-order valence-electron chi connectivity index (χ2n) is 6.94. The molecule has 1 aliphatic heterocycles. The molecule has 0 radical (unpaired) electrons. The highest BCUT2D eigenvalue weighted by atomic mass is 16.5. The van der Waals surface area contributed by atoms with Crippen LogP contribution in [0.3, 0.4) is 0 Å². The van der Waals surface area contributed by atoms with Crippen molar-refractivity contribution in [2.75, 3.05) is 26.2 Å². The minimum Gasteiger partial charge on any atom is -0.473 e. The molecule has 1 heterocycles. The lowest BCUT2D eigenvalue weighted by Crippen LogP contribution is -2.38. The van der Waals surface area contributed by atoms with Gasteiger partial charge in [0.05, 0.1) is 12.5 Å². The fourth-order valence-corrected chi connectivity index (χ4v) is 3.22. The Morgan fingerprint density at radius 3 is 2.10 bits per heavy atom. The van der Waals surface area contributed by atoms with Gasteiger partial charge < -0.3 is 14.9 Å². The van der Waals surface area contributed by atoms with E-state index in [9.17, 15) is 4.79 Å². The number of ether oxygens (including phenoxy) is 1. The molecule has 0 aliphatic carbocycles. The van der Waals surface area contributed by atoms with Gasteiger partial charge in [-0.2, -0.15) is 0 Å². The number of benzene rings is 2. The quantitative estimate of drug-likeness (QED) is 0.542. The van der Waals surface area contributed by atoms with E-state index in [1.807, 2.05) is 36.4 Å². The third kappa shape index (κ3) is 7.71. The average Bonchev–Trinajstić information content (AvgIpc) is 2.80. The van der Waals surface area contributed by atoms with Gasteiger partial charge in [0, 0.05) is 19.5 Å². The number of hydrogen-bond donors (Lipinski definition) is 2. The number of rotatable bonds is 6. The van der Waals surface area contributed by atoms with E-state index in [1.54, 1.807) is 0 Å². The van der Waals surface area contributed by atoms with Crippen LogP contribution in [0.2, 0.25) is 0 Å². The van der Waals surface area contributed by atoms with Crippen molar-refractivity contribution >= 4 is 23.5 Å². The number of esters is 1. The van der Waals surface area contributed by atoms with Gasteiger partial charge in [0.25, 0.3) is 0 Å². The van der Waals surface area contributed by atoms with Crippen molar-refractivity contribution in [1.82, 2.24) is 4.90 Å². The minimum absolute atomic E-state index is 0.121. The van der Waals surface area contributed by atoms with Gasteiger partial charge in [-0.1, -0.05) is 73.7 Å². The van der Waals surface area contributed by atoms with Crippen molar-refractivity contribution in [2.45, 2.75) is 13.3 Å². The van der Waals surface area contributed by atoms with Crippen LogP contribution in [0.25, 0.3) is 5.57 Å². The van der Waals surface area contributed by atoms with E-state index in [4.69, 9.17) is 24.5 Å². The van der Waals surface area contributed by atoms with Gasteiger partial charge in [-0.05, 0) is 23.2 Å². The van der Waals surface area contributed by atoms with E-state index >= 15 is 0 Å². The van der Waals surface area contributed by atoms with E-state index in [0.717, 1.165) is 37.2 Å². The predicted octanol–water partition coefficient (Wildman–Crippen LogP) is 2.96. The third-order valence-electron chi connectivity index (χ3n) is 4.89. The molecule has 0 fully saturated rings. The Morgan fingerprint density at radius 1 is 0.968 bits per heavy atom. The second kappa shape index (κ2) is 12.3. The molecule has 31 heavy (non-hydrogen) atoms. The van der Waals surface area contributed by atoms with E-state index in [-0.39, 0.29) is 11.9 Å². The zero-order chi connectivity index (χ0) is 22.6. The van der Waals surface area contributed by atoms with Crippen LogP contribution in [0.1, 0.15) is 18.1 Å². The molecule has 7 heteroatoms. The summed E-state index contributed by atoms with van der Waals surface area (Å²) < 4.78 is 5.62. The van der Waals surface area contributed by atoms with E-state index in [0.29, 0.717) is 6.61 Å². The molecule has 0 aromatic heterocycles. The first kappa shape index (κ1) is 23.8. The second-order valence-corrected chi connectivity index (χ2v) is 6.94. The standard InChI is InChI=1S/C22H25NO2.C2H2O4/c1-2-23-15-13-20(19-11-7-4-8-12-19)21(17-23)22(24)25-16-14-18-9-5-3-6-10-18;3-1(4)2(5)6/h3-13,21H,2,14-17H2,1H3;(H,3,4)(H,5,6). The lowest BCUT2D eigenvalue weighted by atomic mass is 9.89. The van der Waals surface area contributed by atoms with Gasteiger partial charge >= 0.3 is 17.9 Å². The SMILES string of the molecule is CCN1CC=C(c2ccccc2)C(C(=O)OCCc2ccccc2)C1.O=C(O)C(=O)O. The fraction of sp³-hybridized carbons (Fsp3) is 0.292. The Labute approximate surface area is 181 Å². The Hall–Kier alpha value is -3.45. The van der Waals surface area contributed by atoms with Gasteiger partial charge in [0.2, 0.25) is 0 Å². The molecule has 3 rings (SSSR count). The number of carbonyl (C=O) groups excluding carboxylic acids is 1. The zero-order valence-electron chi connectivity index (χ0n) is 17.4. The molecule has 2 N–H and O–H groups in total. The molecular formula is C24H27NO6. The lowest BCUT2D eigenvalue weighted by molar-refractivity contribution is -0.159. The summed E-state index contributed by atoms with van der Waals surface area (Å²) in [5.41, 5.74) is 3.39. The Balaban J connectivity index is 0.000000501. The molecule has 0 spiro atoms. The van der Waals surface area contributed by atoms with Crippen LogP contribution >= 0.6 is 0 Å². The summed E-state index contributed by atoms with van der Waals surface area (Å²) in [5.74, 6) is -3.99. The summed E-state index contributed by atoms with van der Waals surface area (Å²) in [5, 5.41) is 14.8. The van der Waals surface area contributed by atoms with Crippen molar-refractivity contribution in [3.05, 3.63) is 77.9 Å².